The molecule has 1 aliphatic heterocycles. The summed E-state index contributed by atoms with van der Waals surface area (Å²) in [5.41, 5.74) is 1.03. The van der Waals surface area contributed by atoms with Crippen LogP contribution in [0, 0.1) is 0 Å². The van der Waals surface area contributed by atoms with Gasteiger partial charge in [-0.05, 0) is 26.8 Å². The van der Waals surface area contributed by atoms with Gasteiger partial charge in [-0.25, -0.2) is 0 Å². The highest BCUT2D eigenvalue weighted by molar-refractivity contribution is 7.84. The van der Waals surface area contributed by atoms with E-state index in [2.05, 4.69) is 32.2 Å². The van der Waals surface area contributed by atoms with Crippen LogP contribution in [0.4, 0.5) is 0 Å². The summed E-state index contributed by atoms with van der Waals surface area (Å²) >= 11 is 0. The summed E-state index contributed by atoms with van der Waals surface area (Å²) in [4.78, 5) is 0. The average molecular weight is 281 g/mol. The molecule has 0 fully saturated rings. The van der Waals surface area contributed by atoms with Crippen LogP contribution >= 0.6 is 0 Å². The number of ether oxygens (including phenoxy) is 1. The van der Waals surface area contributed by atoms with E-state index in [1.807, 2.05) is 18.2 Å². The third-order valence-electron chi connectivity index (χ3n) is 3.35. The van der Waals surface area contributed by atoms with Crippen molar-refractivity contribution in [3.05, 3.63) is 29.8 Å². The standard InChI is InChI=1S/C15H23NO2S/c1-11(10-19(4)17)16-13-9-15(2,3)18-14-8-6-5-7-12(13)14/h5-8,11,13,16H,9-10H2,1-4H3. The molecule has 0 aromatic heterocycles. The third-order valence-corrected chi connectivity index (χ3v) is 4.32. The summed E-state index contributed by atoms with van der Waals surface area (Å²) in [6.07, 6.45) is 2.67. The molecule has 2 rings (SSSR count). The molecule has 0 amide bonds. The highest BCUT2D eigenvalue weighted by Crippen LogP contribution is 2.39. The second-order valence-corrected chi connectivity index (χ2v) is 7.44. The minimum atomic E-state index is -0.771. The summed E-state index contributed by atoms with van der Waals surface area (Å²) in [7, 11) is -0.771. The van der Waals surface area contributed by atoms with Gasteiger partial charge in [-0.1, -0.05) is 18.2 Å². The van der Waals surface area contributed by atoms with Crippen molar-refractivity contribution in [1.82, 2.24) is 5.32 Å². The van der Waals surface area contributed by atoms with E-state index >= 15 is 0 Å². The fourth-order valence-electron chi connectivity index (χ4n) is 2.69. The van der Waals surface area contributed by atoms with Gasteiger partial charge in [-0.15, -0.1) is 0 Å². The smallest absolute Gasteiger partial charge is 0.124 e. The first-order valence-corrected chi connectivity index (χ1v) is 8.44. The molecule has 19 heavy (non-hydrogen) atoms. The van der Waals surface area contributed by atoms with Crippen LogP contribution in [0.2, 0.25) is 0 Å². The van der Waals surface area contributed by atoms with Crippen LogP contribution in [0.25, 0.3) is 0 Å². The molecule has 1 aromatic carbocycles. The van der Waals surface area contributed by atoms with Crippen molar-refractivity contribution in [1.29, 1.82) is 0 Å². The lowest BCUT2D eigenvalue weighted by Gasteiger charge is -2.39. The lowest BCUT2D eigenvalue weighted by molar-refractivity contribution is 0.0646. The Bertz CT molecular complexity index is 473. The van der Waals surface area contributed by atoms with Crippen LogP contribution in [0.5, 0.6) is 5.75 Å². The van der Waals surface area contributed by atoms with Crippen molar-refractivity contribution < 1.29 is 8.95 Å². The van der Waals surface area contributed by atoms with Gasteiger partial charge in [0.1, 0.15) is 11.4 Å². The normalized spacial score (nSPS) is 24.1. The van der Waals surface area contributed by atoms with E-state index in [1.54, 1.807) is 6.26 Å². The summed E-state index contributed by atoms with van der Waals surface area (Å²) < 4.78 is 17.3. The summed E-state index contributed by atoms with van der Waals surface area (Å²) in [6, 6.07) is 8.67. The molecule has 106 valence electrons. The monoisotopic (exact) mass is 281 g/mol. The Morgan fingerprint density at radius 1 is 1.47 bits per heavy atom. The van der Waals surface area contributed by atoms with E-state index < -0.39 is 10.8 Å². The molecule has 0 saturated carbocycles. The van der Waals surface area contributed by atoms with Crippen molar-refractivity contribution in [3.63, 3.8) is 0 Å². The first-order chi connectivity index (χ1) is 8.87. The molecule has 3 nitrogen and oxygen atoms in total. The predicted molar refractivity (Wildman–Crippen MR) is 80.0 cm³/mol. The Labute approximate surface area is 118 Å². The number of rotatable bonds is 4. The quantitative estimate of drug-likeness (QED) is 0.922. The van der Waals surface area contributed by atoms with E-state index in [4.69, 9.17) is 4.74 Å². The largest absolute Gasteiger partial charge is 0.487 e. The lowest BCUT2D eigenvalue weighted by Crippen LogP contribution is -2.43. The summed E-state index contributed by atoms with van der Waals surface area (Å²) in [5.74, 6) is 1.64. The van der Waals surface area contributed by atoms with Crippen molar-refractivity contribution in [2.24, 2.45) is 0 Å². The number of hydrogen-bond acceptors (Lipinski definition) is 3. The molecule has 1 heterocycles. The minimum absolute atomic E-state index is 0.170. The molecule has 3 unspecified atom stereocenters. The fraction of sp³-hybridized carbons (Fsp3) is 0.600. The van der Waals surface area contributed by atoms with E-state index in [-0.39, 0.29) is 17.7 Å². The van der Waals surface area contributed by atoms with E-state index in [1.165, 1.54) is 5.56 Å². The molecule has 0 aliphatic carbocycles. The molecule has 0 radical (unpaired) electrons. The lowest BCUT2D eigenvalue weighted by atomic mass is 9.89. The highest BCUT2D eigenvalue weighted by atomic mass is 32.2. The van der Waals surface area contributed by atoms with Crippen molar-refractivity contribution in [3.8, 4) is 5.75 Å². The highest BCUT2D eigenvalue weighted by Gasteiger charge is 2.33. The second kappa shape index (κ2) is 5.63. The van der Waals surface area contributed by atoms with Crippen LogP contribution in [-0.2, 0) is 10.8 Å². The van der Waals surface area contributed by atoms with Crippen LogP contribution in [0.15, 0.2) is 24.3 Å². The maximum atomic E-state index is 11.3. The Morgan fingerprint density at radius 2 is 2.16 bits per heavy atom. The van der Waals surface area contributed by atoms with Crippen LogP contribution in [0.3, 0.4) is 0 Å². The van der Waals surface area contributed by atoms with Gasteiger partial charge in [0.15, 0.2) is 0 Å². The van der Waals surface area contributed by atoms with Gasteiger partial charge in [0.05, 0.1) is 0 Å². The van der Waals surface area contributed by atoms with Gasteiger partial charge in [0.2, 0.25) is 0 Å². The summed E-state index contributed by atoms with van der Waals surface area (Å²) in [5, 5.41) is 3.59. The van der Waals surface area contributed by atoms with Gasteiger partial charge in [-0.2, -0.15) is 0 Å². The number of benzene rings is 1. The van der Waals surface area contributed by atoms with Crippen LogP contribution in [-0.4, -0.2) is 27.9 Å². The zero-order valence-electron chi connectivity index (χ0n) is 12.1. The van der Waals surface area contributed by atoms with Gasteiger partial charge in [0, 0.05) is 46.9 Å². The fourth-order valence-corrected chi connectivity index (χ4v) is 3.49. The van der Waals surface area contributed by atoms with Gasteiger partial charge >= 0.3 is 0 Å². The number of para-hydroxylation sites is 1. The third kappa shape index (κ3) is 3.80. The van der Waals surface area contributed by atoms with Crippen molar-refractivity contribution in [2.45, 2.75) is 44.9 Å². The molecular formula is C15H23NO2S. The first kappa shape index (κ1) is 14.5. The number of fused-ring (bicyclic) bond motifs is 1. The van der Waals surface area contributed by atoms with Crippen molar-refractivity contribution >= 4 is 10.8 Å². The molecule has 0 saturated heterocycles. The maximum Gasteiger partial charge on any atom is 0.124 e. The zero-order valence-corrected chi connectivity index (χ0v) is 12.9. The maximum absolute atomic E-state index is 11.3. The van der Waals surface area contributed by atoms with Gasteiger partial charge in [-0.3, -0.25) is 4.21 Å². The Kier molecular flexibility index (Phi) is 4.31. The molecule has 1 aliphatic rings. The molecule has 1 aromatic rings. The van der Waals surface area contributed by atoms with Gasteiger partial charge < -0.3 is 10.1 Å². The average Bonchev–Trinajstić information content (AvgIpc) is 2.26. The minimum Gasteiger partial charge on any atom is -0.487 e. The number of hydrogen-bond donors (Lipinski definition) is 1. The second-order valence-electron chi connectivity index (χ2n) is 5.96. The number of nitrogens with one attached hydrogen (secondary N) is 1. The topological polar surface area (TPSA) is 38.3 Å². The van der Waals surface area contributed by atoms with Crippen LogP contribution < -0.4 is 10.1 Å². The molecule has 0 spiro atoms. The zero-order chi connectivity index (χ0) is 14.0. The van der Waals surface area contributed by atoms with Gasteiger partial charge in [0.25, 0.3) is 0 Å². The SMILES string of the molecule is CC(CS(C)=O)NC1CC(C)(C)Oc2ccccc21. The Balaban J connectivity index is 2.18. The van der Waals surface area contributed by atoms with Crippen molar-refractivity contribution in [2.75, 3.05) is 12.0 Å². The Hall–Kier alpha value is -0.870. The van der Waals surface area contributed by atoms with E-state index in [0.717, 1.165) is 12.2 Å². The molecule has 4 heteroatoms. The Morgan fingerprint density at radius 3 is 2.84 bits per heavy atom. The van der Waals surface area contributed by atoms with E-state index in [9.17, 15) is 4.21 Å². The van der Waals surface area contributed by atoms with E-state index in [0.29, 0.717) is 5.75 Å². The predicted octanol–water partition coefficient (Wildman–Crippen LogP) is 2.65. The first-order valence-electron chi connectivity index (χ1n) is 6.71. The summed E-state index contributed by atoms with van der Waals surface area (Å²) in [6.45, 7) is 6.31. The molecule has 1 N–H and O–H groups in total. The molecule has 3 atom stereocenters. The molecular weight excluding hydrogens is 258 g/mol. The van der Waals surface area contributed by atoms with Crippen LogP contribution in [0.1, 0.15) is 38.8 Å². The molecule has 0 bridgehead atoms.